The SMILES string of the molecule is CC1(C)CC2C=CC2(C)C1=O. The number of hydrogen-bond acceptors (Lipinski definition) is 1. The van der Waals surface area contributed by atoms with Gasteiger partial charge in [-0.05, 0) is 19.3 Å². The number of fused-ring (bicyclic) bond motifs is 1. The van der Waals surface area contributed by atoms with Gasteiger partial charge in [0.1, 0.15) is 5.78 Å². The van der Waals surface area contributed by atoms with Crippen molar-refractivity contribution in [2.24, 2.45) is 16.7 Å². The minimum Gasteiger partial charge on any atom is -0.298 e. The molecule has 2 aliphatic carbocycles. The maximum atomic E-state index is 11.8. The first kappa shape index (κ1) is 7.08. The monoisotopic (exact) mass is 150 g/mol. The molecule has 1 fully saturated rings. The number of rotatable bonds is 0. The molecule has 2 atom stereocenters. The van der Waals surface area contributed by atoms with E-state index in [2.05, 4.69) is 32.9 Å². The zero-order valence-electron chi connectivity index (χ0n) is 7.35. The van der Waals surface area contributed by atoms with Crippen LogP contribution in [0.3, 0.4) is 0 Å². The Labute approximate surface area is 67.5 Å². The van der Waals surface area contributed by atoms with E-state index in [0.717, 1.165) is 6.42 Å². The van der Waals surface area contributed by atoms with Crippen LogP contribution in [0.2, 0.25) is 0 Å². The molecule has 0 radical (unpaired) electrons. The summed E-state index contributed by atoms with van der Waals surface area (Å²) in [4.78, 5) is 11.8. The summed E-state index contributed by atoms with van der Waals surface area (Å²) in [7, 11) is 0. The third-order valence-corrected chi connectivity index (χ3v) is 3.28. The van der Waals surface area contributed by atoms with E-state index in [-0.39, 0.29) is 10.8 Å². The van der Waals surface area contributed by atoms with Crippen LogP contribution in [0.15, 0.2) is 12.2 Å². The normalized spacial score (nSPS) is 45.4. The van der Waals surface area contributed by atoms with Gasteiger partial charge in [0.2, 0.25) is 0 Å². The molecule has 0 aromatic carbocycles. The lowest BCUT2D eigenvalue weighted by molar-refractivity contribution is -0.130. The van der Waals surface area contributed by atoms with Gasteiger partial charge >= 0.3 is 0 Å². The van der Waals surface area contributed by atoms with Crippen molar-refractivity contribution in [1.82, 2.24) is 0 Å². The molecule has 2 unspecified atom stereocenters. The minimum absolute atomic E-state index is 0.0804. The predicted molar refractivity (Wildman–Crippen MR) is 44.1 cm³/mol. The Morgan fingerprint density at radius 2 is 2.09 bits per heavy atom. The summed E-state index contributed by atoms with van der Waals surface area (Å²) in [5, 5.41) is 0. The van der Waals surface area contributed by atoms with Crippen molar-refractivity contribution in [2.75, 3.05) is 0 Å². The molecule has 0 saturated heterocycles. The number of hydrogen-bond donors (Lipinski definition) is 0. The van der Waals surface area contributed by atoms with E-state index in [1.54, 1.807) is 0 Å². The summed E-state index contributed by atoms with van der Waals surface area (Å²) in [5.41, 5.74) is -0.174. The van der Waals surface area contributed by atoms with Gasteiger partial charge in [-0.15, -0.1) is 0 Å². The molecule has 0 spiro atoms. The number of Topliss-reactive ketones (excluding diaryl/α,β-unsaturated/α-hetero) is 1. The van der Waals surface area contributed by atoms with Gasteiger partial charge in [0.25, 0.3) is 0 Å². The van der Waals surface area contributed by atoms with E-state index < -0.39 is 0 Å². The number of ketones is 1. The second kappa shape index (κ2) is 1.60. The Morgan fingerprint density at radius 1 is 1.45 bits per heavy atom. The van der Waals surface area contributed by atoms with Gasteiger partial charge in [0.05, 0.1) is 5.41 Å². The van der Waals surface area contributed by atoms with Crippen molar-refractivity contribution in [2.45, 2.75) is 27.2 Å². The van der Waals surface area contributed by atoms with Crippen LogP contribution in [0.5, 0.6) is 0 Å². The highest BCUT2D eigenvalue weighted by atomic mass is 16.1. The Hall–Kier alpha value is -0.590. The molecule has 60 valence electrons. The van der Waals surface area contributed by atoms with Gasteiger partial charge in [-0.25, -0.2) is 0 Å². The fourth-order valence-corrected chi connectivity index (χ4v) is 2.42. The predicted octanol–water partition coefficient (Wildman–Crippen LogP) is 2.18. The van der Waals surface area contributed by atoms with Gasteiger partial charge in [-0.3, -0.25) is 4.79 Å². The molecule has 2 rings (SSSR count). The summed E-state index contributed by atoms with van der Waals surface area (Å²) in [6.45, 7) is 6.18. The Morgan fingerprint density at radius 3 is 2.27 bits per heavy atom. The fraction of sp³-hybridized carbons (Fsp3) is 0.700. The molecule has 2 aliphatic rings. The van der Waals surface area contributed by atoms with Gasteiger partial charge in [0.15, 0.2) is 0 Å². The fourth-order valence-electron chi connectivity index (χ4n) is 2.42. The number of carbonyl (C=O) groups is 1. The first-order valence-electron chi connectivity index (χ1n) is 4.21. The van der Waals surface area contributed by atoms with Crippen molar-refractivity contribution in [3.05, 3.63) is 12.2 Å². The molecule has 0 N–H and O–H groups in total. The highest BCUT2D eigenvalue weighted by Crippen LogP contribution is 2.56. The molecule has 1 nitrogen and oxygen atoms in total. The van der Waals surface area contributed by atoms with E-state index in [0.29, 0.717) is 11.7 Å². The number of carbonyl (C=O) groups excluding carboxylic acids is 1. The largest absolute Gasteiger partial charge is 0.298 e. The van der Waals surface area contributed by atoms with Crippen LogP contribution in [-0.2, 0) is 4.79 Å². The van der Waals surface area contributed by atoms with Crippen molar-refractivity contribution >= 4 is 5.78 Å². The lowest BCUT2D eigenvalue weighted by Gasteiger charge is -2.32. The molecule has 0 aliphatic heterocycles. The number of allylic oxidation sites excluding steroid dienone is 2. The molecule has 11 heavy (non-hydrogen) atoms. The smallest absolute Gasteiger partial charge is 0.148 e. The van der Waals surface area contributed by atoms with Gasteiger partial charge in [0, 0.05) is 5.41 Å². The van der Waals surface area contributed by atoms with Crippen LogP contribution in [0.1, 0.15) is 27.2 Å². The Kier molecular flexibility index (Phi) is 1.03. The zero-order chi connectivity index (χ0) is 8.28. The highest BCUT2D eigenvalue weighted by Gasteiger charge is 2.56. The quantitative estimate of drug-likeness (QED) is 0.484. The van der Waals surface area contributed by atoms with Crippen LogP contribution in [-0.4, -0.2) is 5.78 Å². The van der Waals surface area contributed by atoms with Gasteiger partial charge < -0.3 is 0 Å². The van der Waals surface area contributed by atoms with E-state index in [4.69, 9.17) is 0 Å². The second-order valence-corrected chi connectivity index (χ2v) is 4.67. The zero-order valence-corrected chi connectivity index (χ0v) is 7.35. The van der Waals surface area contributed by atoms with Crippen LogP contribution in [0.25, 0.3) is 0 Å². The van der Waals surface area contributed by atoms with Crippen LogP contribution in [0.4, 0.5) is 0 Å². The molecule has 0 amide bonds. The molecule has 1 heteroatoms. The average molecular weight is 150 g/mol. The lowest BCUT2D eigenvalue weighted by Crippen LogP contribution is -2.34. The average Bonchev–Trinajstić information content (AvgIpc) is 2.02. The van der Waals surface area contributed by atoms with Crippen molar-refractivity contribution in [1.29, 1.82) is 0 Å². The van der Waals surface area contributed by atoms with Gasteiger partial charge in [-0.1, -0.05) is 26.0 Å². The maximum absolute atomic E-state index is 11.8. The molecule has 0 aromatic rings. The van der Waals surface area contributed by atoms with Crippen molar-refractivity contribution in [3.63, 3.8) is 0 Å². The molecule has 1 saturated carbocycles. The summed E-state index contributed by atoms with van der Waals surface area (Å²) in [5.74, 6) is 0.961. The van der Waals surface area contributed by atoms with E-state index >= 15 is 0 Å². The summed E-state index contributed by atoms with van der Waals surface area (Å²) in [6.07, 6.45) is 5.28. The highest BCUT2D eigenvalue weighted by molar-refractivity contribution is 5.95. The molecule has 0 bridgehead atoms. The second-order valence-electron chi connectivity index (χ2n) is 4.67. The molecule has 0 heterocycles. The van der Waals surface area contributed by atoms with Crippen molar-refractivity contribution < 1.29 is 4.79 Å². The topological polar surface area (TPSA) is 17.1 Å². The van der Waals surface area contributed by atoms with Crippen LogP contribution in [0, 0.1) is 16.7 Å². The van der Waals surface area contributed by atoms with Gasteiger partial charge in [-0.2, -0.15) is 0 Å². The maximum Gasteiger partial charge on any atom is 0.148 e. The minimum atomic E-state index is -0.0938. The first-order chi connectivity index (χ1) is 4.97. The van der Waals surface area contributed by atoms with Crippen LogP contribution >= 0.6 is 0 Å². The van der Waals surface area contributed by atoms with Crippen molar-refractivity contribution in [3.8, 4) is 0 Å². The third kappa shape index (κ3) is 0.640. The summed E-state index contributed by atoms with van der Waals surface area (Å²) < 4.78 is 0. The molecule has 0 aromatic heterocycles. The Balaban J connectivity index is 2.41. The first-order valence-corrected chi connectivity index (χ1v) is 4.21. The van der Waals surface area contributed by atoms with E-state index in [1.807, 2.05) is 0 Å². The standard InChI is InChI=1S/C10H14O/c1-9(2)6-7-4-5-10(7,3)8(9)11/h4-5,7H,6H2,1-3H3. The third-order valence-electron chi connectivity index (χ3n) is 3.28. The molecular formula is C10H14O. The van der Waals surface area contributed by atoms with E-state index in [1.165, 1.54) is 0 Å². The van der Waals surface area contributed by atoms with Crippen LogP contribution < -0.4 is 0 Å². The Bertz CT molecular complexity index is 250. The lowest BCUT2D eigenvalue weighted by atomic mass is 9.70. The summed E-state index contributed by atoms with van der Waals surface area (Å²) in [6, 6.07) is 0. The summed E-state index contributed by atoms with van der Waals surface area (Å²) >= 11 is 0. The van der Waals surface area contributed by atoms with E-state index in [9.17, 15) is 4.79 Å². The molecular weight excluding hydrogens is 136 g/mol.